The summed E-state index contributed by atoms with van der Waals surface area (Å²) in [6.45, 7) is 1.95. The quantitative estimate of drug-likeness (QED) is 0.773. The van der Waals surface area contributed by atoms with Gasteiger partial charge in [0.2, 0.25) is 0 Å². The fourth-order valence-corrected chi connectivity index (χ4v) is 2.34. The number of pyridine rings is 1. The summed E-state index contributed by atoms with van der Waals surface area (Å²) in [7, 11) is 0. The fourth-order valence-electron chi connectivity index (χ4n) is 1.02. The van der Waals surface area contributed by atoms with Gasteiger partial charge in [0.15, 0.2) is 5.13 Å². The van der Waals surface area contributed by atoms with E-state index in [9.17, 15) is 0 Å². The second-order valence-corrected chi connectivity index (χ2v) is 4.31. The Morgan fingerprint density at radius 1 is 1.58 bits per heavy atom. The summed E-state index contributed by atoms with van der Waals surface area (Å²) < 4.78 is 1.96. The van der Waals surface area contributed by atoms with Crippen LogP contribution in [0.2, 0.25) is 0 Å². The molecule has 0 unspecified atom stereocenters. The van der Waals surface area contributed by atoms with Gasteiger partial charge in [-0.05, 0) is 22.9 Å². The molecule has 0 bridgehead atoms. The molecule has 0 aliphatic carbocycles. The number of thiazole rings is 1. The van der Waals surface area contributed by atoms with Gasteiger partial charge in [-0.2, -0.15) is 0 Å². The number of nitrogens with zero attached hydrogens (tertiary/aromatic N) is 2. The van der Waals surface area contributed by atoms with Crippen LogP contribution in [0.25, 0.3) is 10.2 Å². The Balaban J connectivity index is 2.93. The molecule has 0 atom stereocenters. The van der Waals surface area contributed by atoms with Crippen molar-refractivity contribution in [2.45, 2.75) is 6.92 Å². The molecule has 0 aliphatic heterocycles. The smallest absolute Gasteiger partial charge is 0.181 e. The van der Waals surface area contributed by atoms with E-state index in [1.807, 2.05) is 6.92 Å². The topological polar surface area (TPSA) is 51.8 Å². The molecule has 2 rings (SSSR count). The predicted octanol–water partition coefficient (Wildman–Crippen LogP) is 2.34. The van der Waals surface area contributed by atoms with E-state index in [-0.39, 0.29) is 0 Å². The van der Waals surface area contributed by atoms with Crippen molar-refractivity contribution in [2.75, 3.05) is 5.73 Å². The molecule has 0 amide bonds. The van der Waals surface area contributed by atoms with E-state index in [4.69, 9.17) is 5.73 Å². The summed E-state index contributed by atoms with van der Waals surface area (Å²) >= 11 is 4.84. The SMILES string of the molecule is Cc1ncc(Br)c2nc(N)sc12. The molecule has 12 heavy (non-hydrogen) atoms. The third-order valence-corrected chi connectivity index (χ3v) is 3.14. The van der Waals surface area contributed by atoms with Gasteiger partial charge in [-0.25, -0.2) is 4.98 Å². The highest BCUT2D eigenvalue weighted by Gasteiger charge is 2.07. The van der Waals surface area contributed by atoms with Crippen LogP contribution >= 0.6 is 27.3 Å². The number of fused-ring (bicyclic) bond motifs is 1. The molecule has 0 fully saturated rings. The molecule has 0 radical (unpaired) electrons. The lowest BCUT2D eigenvalue weighted by atomic mass is 10.3. The van der Waals surface area contributed by atoms with E-state index in [1.54, 1.807) is 6.20 Å². The van der Waals surface area contributed by atoms with Crippen molar-refractivity contribution >= 4 is 42.6 Å². The van der Waals surface area contributed by atoms with Crippen molar-refractivity contribution in [3.05, 3.63) is 16.4 Å². The first-order chi connectivity index (χ1) is 5.68. The molecule has 62 valence electrons. The average Bonchev–Trinajstić information content (AvgIpc) is 2.41. The third-order valence-electron chi connectivity index (χ3n) is 1.57. The Kier molecular flexibility index (Phi) is 1.77. The number of anilines is 1. The van der Waals surface area contributed by atoms with Gasteiger partial charge in [0, 0.05) is 6.20 Å². The van der Waals surface area contributed by atoms with E-state index < -0.39 is 0 Å². The maximum absolute atomic E-state index is 5.59. The Hall–Kier alpha value is -0.680. The van der Waals surface area contributed by atoms with Crippen LogP contribution in [0.1, 0.15) is 5.69 Å². The van der Waals surface area contributed by atoms with Gasteiger partial charge in [-0.15, -0.1) is 0 Å². The Labute approximate surface area is 81.8 Å². The van der Waals surface area contributed by atoms with Crippen molar-refractivity contribution in [2.24, 2.45) is 0 Å². The third kappa shape index (κ3) is 1.09. The highest BCUT2D eigenvalue weighted by atomic mass is 79.9. The zero-order valence-corrected chi connectivity index (χ0v) is 8.74. The molecule has 2 N–H and O–H groups in total. The summed E-state index contributed by atoms with van der Waals surface area (Å²) in [5.41, 5.74) is 7.47. The molecule has 2 aromatic heterocycles. The van der Waals surface area contributed by atoms with E-state index in [2.05, 4.69) is 25.9 Å². The Morgan fingerprint density at radius 3 is 3.00 bits per heavy atom. The molecule has 2 heterocycles. The van der Waals surface area contributed by atoms with Gasteiger partial charge >= 0.3 is 0 Å². The Morgan fingerprint density at radius 2 is 2.33 bits per heavy atom. The van der Waals surface area contributed by atoms with E-state index >= 15 is 0 Å². The number of aryl methyl sites for hydroxylation is 1. The van der Waals surface area contributed by atoms with Gasteiger partial charge in [0.05, 0.1) is 14.9 Å². The summed E-state index contributed by atoms with van der Waals surface area (Å²) in [6.07, 6.45) is 1.75. The molecule has 0 spiro atoms. The number of hydrogen-bond acceptors (Lipinski definition) is 4. The lowest BCUT2D eigenvalue weighted by molar-refractivity contribution is 1.23. The monoisotopic (exact) mass is 243 g/mol. The highest BCUT2D eigenvalue weighted by molar-refractivity contribution is 9.10. The minimum atomic E-state index is 0.585. The Bertz CT molecular complexity index is 398. The van der Waals surface area contributed by atoms with Gasteiger partial charge in [-0.3, -0.25) is 4.98 Å². The van der Waals surface area contributed by atoms with Gasteiger partial charge in [0.1, 0.15) is 5.52 Å². The van der Waals surface area contributed by atoms with E-state index in [0.29, 0.717) is 5.13 Å². The van der Waals surface area contributed by atoms with Crippen LogP contribution in [0.15, 0.2) is 10.7 Å². The predicted molar refractivity (Wildman–Crippen MR) is 54.3 cm³/mol. The minimum absolute atomic E-state index is 0.585. The minimum Gasteiger partial charge on any atom is -0.375 e. The number of nitrogen functional groups attached to an aromatic ring is 1. The second-order valence-electron chi connectivity index (χ2n) is 2.42. The zero-order chi connectivity index (χ0) is 8.72. The van der Waals surface area contributed by atoms with Crippen molar-refractivity contribution in [3.8, 4) is 0 Å². The molecule has 0 saturated carbocycles. The van der Waals surface area contributed by atoms with Crippen LogP contribution in [-0.4, -0.2) is 9.97 Å². The number of rotatable bonds is 0. The van der Waals surface area contributed by atoms with E-state index in [0.717, 1.165) is 20.4 Å². The number of aromatic nitrogens is 2. The fraction of sp³-hybridized carbons (Fsp3) is 0.143. The maximum atomic E-state index is 5.59. The molecule has 2 aromatic rings. The summed E-state index contributed by atoms with van der Waals surface area (Å²) in [6, 6.07) is 0. The van der Waals surface area contributed by atoms with Crippen LogP contribution in [-0.2, 0) is 0 Å². The molecule has 0 aliphatic rings. The summed E-state index contributed by atoms with van der Waals surface area (Å²) in [5.74, 6) is 0. The van der Waals surface area contributed by atoms with Crippen LogP contribution < -0.4 is 5.73 Å². The van der Waals surface area contributed by atoms with Gasteiger partial charge in [-0.1, -0.05) is 11.3 Å². The molecule has 3 nitrogen and oxygen atoms in total. The standard InChI is InChI=1S/C7H6BrN3S/c1-3-6-5(4(8)2-10-3)11-7(9)12-6/h2H,1H3,(H2,9,11). The lowest BCUT2D eigenvalue weighted by Crippen LogP contribution is -1.82. The average molecular weight is 244 g/mol. The molecular formula is C7H6BrN3S. The highest BCUT2D eigenvalue weighted by Crippen LogP contribution is 2.30. The lowest BCUT2D eigenvalue weighted by Gasteiger charge is -1.93. The normalized spacial score (nSPS) is 10.8. The summed E-state index contributed by atoms with van der Waals surface area (Å²) in [5, 5.41) is 0.585. The van der Waals surface area contributed by atoms with Crippen molar-refractivity contribution in [1.29, 1.82) is 0 Å². The van der Waals surface area contributed by atoms with E-state index in [1.165, 1.54) is 11.3 Å². The molecule has 0 saturated heterocycles. The number of halogens is 1. The molecule has 0 aromatic carbocycles. The number of hydrogen-bond donors (Lipinski definition) is 1. The van der Waals surface area contributed by atoms with Crippen molar-refractivity contribution < 1.29 is 0 Å². The number of nitrogens with two attached hydrogens (primary N) is 1. The van der Waals surface area contributed by atoms with Crippen LogP contribution in [0.4, 0.5) is 5.13 Å². The van der Waals surface area contributed by atoms with Crippen LogP contribution in [0.5, 0.6) is 0 Å². The molecular weight excluding hydrogens is 238 g/mol. The first-order valence-electron chi connectivity index (χ1n) is 3.35. The van der Waals surface area contributed by atoms with Crippen LogP contribution in [0, 0.1) is 6.92 Å². The van der Waals surface area contributed by atoms with Gasteiger partial charge in [0.25, 0.3) is 0 Å². The largest absolute Gasteiger partial charge is 0.375 e. The second kappa shape index (κ2) is 2.67. The van der Waals surface area contributed by atoms with Crippen LogP contribution in [0.3, 0.4) is 0 Å². The first-order valence-corrected chi connectivity index (χ1v) is 4.96. The van der Waals surface area contributed by atoms with Gasteiger partial charge < -0.3 is 5.73 Å². The van der Waals surface area contributed by atoms with Crippen molar-refractivity contribution in [3.63, 3.8) is 0 Å². The summed E-state index contributed by atoms with van der Waals surface area (Å²) in [4.78, 5) is 8.37. The maximum Gasteiger partial charge on any atom is 0.181 e. The zero-order valence-electron chi connectivity index (χ0n) is 6.34. The first kappa shape index (κ1) is 7.94. The molecule has 5 heteroatoms. The van der Waals surface area contributed by atoms with Crippen molar-refractivity contribution in [1.82, 2.24) is 9.97 Å².